The zero-order valence-electron chi connectivity index (χ0n) is 10.7. The molecule has 1 aliphatic heterocycles. The van der Waals surface area contributed by atoms with Crippen LogP contribution in [0.25, 0.3) is 0 Å². The third-order valence-electron chi connectivity index (χ3n) is 4.17. The van der Waals surface area contributed by atoms with Gasteiger partial charge in [-0.2, -0.15) is 0 Å². The molecule has 2 fully saturated rings. The molecule has 16 heavy (non-hydrogen) atoms. The maximum absolute atomic E-state index is 3.62. The van der Waals surface area contributed by atoms with Gasteiger partial charge in [0.1, 0.15) is 0 Å². The van der Waals surface area contributed by atoms with Crippen molar-refractivity contribution in [2.24, 2.45) is 5.92 Å². The summed E-state index contributed by atoms with van der Waals surface area (Å²) in [7, 11) is 0. The van der Waals surface area contributed by atoms with Gasteiger partial charge in [-0.15, -0.1) is 0 Å². The first-order valence-electron chi connectivity index (χ1n) is 7.02. The summed E-state index contributed by atoms with van der Waals surface area (Å²) in [6.07, 6.45) is 5.68. The van der Waals surface area contributed by atoms with Crippen LogP contribution in [0.3, 0.4) is 0 Å². The van der Waals surface area contributed by atoms with E-state index in [0.29, 0.717) is 0 Å². The van der Waals surface area contributed by atoms with E-state index in [-0.39, 0.29) is 0 Å². The Hall–Kier alpha value is -0.120. The predicted octanol–water partition coefficient (Wildman–Crippen LogP) is 1.06. The van der Waals surface area contributed by atoms with E-state index in [4.69, 9.17) is 0 Å². The minimum absolute atomic E-state index is 0.746. The van der Waals surface area contributed by atoms with E-state index in [0.717, 1.165) is 12.0 Å². The van der Waals surface area contributed by atoms with Crippen LogP contribution in [0.4, 0.5) is 0 Å². The van der Waals surface area contributed by atoms with Crippen LogP contribution in [0.2, 0.25) is 0 Å². The van der Waals surface area contributed by atoms with Crippen LogP contribution < -0.4 is 10.6 Å². The fourth-order valence-corrected chi connectivity index (χ4v) is 2.62. The monoisotopic (exact) mass is 225 g/mol. The average Bonchev–Trinajstić information content (AvgIpc) is 2.27. The molecule has 2 rings (SSSR count). The molecule has 1 unspecified atom stereocenters. The highest BCUT2D eigenvalue weighted by Gasteiger charge is 2.18. The SMILES string of the molecule is CC(CCNCC1CCC1)N1CCNCC1. The molecule has 94 valence electrons. The first-order valence-corrected chi connectivity index (χ1v) is 7.02. The lowest BCUT2D eigenvalue weighted by Gasteiger charge is -2.33. The van der Waals surface area contributed by atoms with Crippen LogP contribution in [0, 0.1) is 5.92 Å². The van der Waals surface area contributed by atoms with Crippen molar-refractivity contribution in [3.05, 3.63) is 0 Å². The Kier molecular flexibility index (Phi) is 5.07. The minimum atomic E-state index is 0.746. The predicted molar refractivity (Wildman–Crippen MR) is 68.7 cm³/mol. The summed E-state index contributed by atoms with van der Waals surface area (Å²) in [6, 6.07) is 0.746. The van der Waals surface area contributed by atoms with Crippen molar-refractivity contribution < 1.29 is 0 Å². The van der Waals surface area contributed by atoms with Crippen molar-refractivity contribution in [2.45, 2.75) is 38.6 Å². The van der Waals surface area contributed by atoms with Crippen LogP contribution in [0.15, 0.2) is 0 Å². The Morgan fingerprint density at radius 2 is 2.06 bits per heavy atom. The lowest BCUT2D eigenvalue weighted by Crippen LogP contribution is -2.48. The van der Waals surface area contributed by atoms with Gasteiger partial charge in [-0.25, -0.2) is 0 Å². The molecule has 0 bridgehead atoms. The Morgan fingerprint density at radius 3 is 2.69 bits per heavy atom. The maximum Gasteiger partial charge on any atom is 0.0110 e. The van der Waals surface area contributed by atoms with Gasteiger partial charge in [-0.3, -0.25) is 4.90 Å². The topological polar surface area (TPSA) is 27.3 Å². The Bertz CT molecular complexity index is 186. The molecule has 2 N–H and O–H groups in total. The number of nitrogens with zero attached hydrogens (tertiary/aromatic N) is 1. The summed E-state index contributed by atoms with van der Waals surface area (Å²) < 4.78 is 0. The summed E-state index contributed by atoms with van der Waals surface area (Å²) in [5, 5.41) is 7.02. The Morgan fingerprint density at radius 1 is 1.31 bits per heavy atom. The van der Waals surface area contributed by atoms with E-state index in [9.17, 15) is 0 Å². The van der Waals surface area contributed by atoms with Gasteiger partial charge in [0.05, 0.1) is 0 Å². The molecule has 0 radical (unpaired) electrons. The molecular weight excluding hydrogens is 198 g/mol. The van der Waals surface area contributed by atoms with Crippen LogP contribution in [0.5, 0.6) is 0 Å². The summed E-state index contributed by atoms with van der Waals surface area (Å²) >= 11 is 0. The van der Waals surface area contributed by atoms with E-state index >= 15 is 0 Å². The third-order valence-corrected chi connectivity index (χ3v) is 4.17. The second-order valence-electron chi connectivity index (χ2n) is 5.42. The quantitative estimate of drug-likeness (QED) is 0.662. The molecule has 1 heterocycles. The van der Waals surface area contributed by atoms with Gasteiger partial charge in [0, 0.05) is 32.2 Å². The molecule has 0 aromatic carbocycles. The average molecular weight is 225 g/mol. The van der Waals surface area contributed by atoms with Gasteiger partial charge in [-0.1, -0.05) is 6.42 Å². The van der Waals surface area contributed by atoms with Gasteiger partial charge in [0.25, 0.3) is 0 Å². The maximum atomic E-state index is 3.62. The second kappa shape index (κ2) is 6.58. The molecule has 3 heteroatoms. The highest BCUT2D eigenvalue weighted by Crippen LogP contribution is 2.25. The normalized spacial score (nSPS) is 25.3. The molecule has 1 aliphatic carbocycles. The number of hydrogen-bond acceptors (Lipinski definition) is 3. The van der Waals surface area contributed by atoms with Crippen LogP contribution in [0.1, 0.15) is 32.6 Å². The molecule has 0 aromatic heterocycles. The van der Waals surface area contributed by atoms with Crippen molar-refractivity contribution in [1.82, 2.24) is 15.5 Å². The molecule has 1 saturated heterocycles. The van der Waals surface area contributed by atoms with Crippen LogP contribution in [-0.4, -0.2) is 50.2 Å². The third kappa shape index (κ3) is 3.72. The lowest BCUT2D eigenvalue weighted by molar-refractivity contribution is 0.175. The summed E-state index contributed by atoms with van der Waals surface area (Å²) in [5.74, 6) is 0.995. The van der Waals surface area contributed by atoms with Crippen molar-refractivity contribution >= 4 is 0 Å². The highest BCUT2D eigenvalue weighted by molar-refractivity contribution is 4.75. The zero-order valence-corrected chi connectivity index (χ0v) is 10.7. The van der Waals surface area contributed by atoms with Gasteiger partial charge >= 0.3 is 0 Å². The summed E-state index contributed by atoms with van der Waals surface area (Å²) in [4.78, 5) is 2.61. The first kappa shape index (κ1) is 12.3. The van der Waals surface area contributed by atoms with Crippen molar-refractivity contribution in [2.75, 3.05) is 39.3 Å². The molecule has 2 aliphatic rings. The standard InChI is InChI=1S/C13H27N3/c1-12(16-9-7-14-8-10-16)5-6-15-11-13-3-2-4-13/h12-15H,2-11H2,1H3. The van der Waals surface area contributed by atoms with E-state index < -0.39 is 0 Å². The first-order chi connectivity index (χ1) is 7.86. The zero-order chi connectivity index (χ0) is 11.2. The highest BCUT2D eigenvalue weighted by atomic mass is 15.2. The summed E-state index contributed by atoms with van der Waals surface area (Å²) in [6.45, 7) is 9.61. The van der Waals surface area contributed by atoms with Gasteiger partial charge < -0.3 is 10.6 Å². The molecule has 1 atom stereocenters. The number of rotatable bonds is 6. The number of piperazine rings is 1. The fraction of sp³-hybridized carbons (Fsp3) is 1.00. The Labute approximate surface area is 100.0 Å². The van der Waals surface area contributed by atoms with Crippen molar-refractivity contribution in [1.29, 1.82) is 0 Å². The molecule has 0 spiro atoms. The van der Waals surface area contributed by atoms with Crippen molar-refractivity contribution in [3.8, 4) is 0 Å². The minimum Gasteiger partial charge on any atom is -0.316 e. The van der Waals surface area contributed by atoms with Gasteiger partial charge in [0.15, 0.2) is 0 Å². The molecule has 1 saturated carbocycles. The lowest BCUT2D eigenvalue weighted by atomic mass is 9.85. The smallest absolute Gasteiger partial charge is 0.0110 e. The fourth-order valence-electron chi connectivity index (χ4n) is 2.62. The van der Waals surface area contributed by atoms with Gasteiger partial charge in [0.2, 0.25) is 0 Å². The largest absolute Gasteiger partial charge is 0.316 e. The number of nitrogens with one attached hydrogen (secondary N) is 2. The van der Waals surface area contributed by atoms with E-state index in [1.54, 1.807) is 0 Å². The molecule has 3 nitrogen and oxygen atoms in total. The molecule has 0 amide bonds. The Balaban J connectivity index is 1.50. The van der Waals surface area contributed by atoms with Gasteiger partial charge in [-0.05, 0) is 45.2 Å². The van der Waals surface area contributed by atoms with E-state index in [2.05, 4.69) is 22.5 Å². The van der Waals surface area contributed by atoms with E-state index in [1.165, 1.54) is 65.0 Å². The van der Waals surface area contributed by atoms with E-state index in [1.807, 2.05) is 0 Å². The second-order valence-corrected chi connectivity index (χ2v) is 5.42. The number of hydrogen-bond donors (Lipinski definition) is 2. The van der Waals surface area contributed by atoms with Crippen LogP contribution >= 0.6 is 0 Å². The molecule has 0 aromatic rings. The van der Waals surface area contributed by atoms with Crippen molar-refractivity contribution in [3.63, 3.8) is 0 Å². The molecular formula is C13H27N3. The summed E-state index contributed by atoms with van der Waals surface area (Å²) in [5.41, 5.74) is 0. The van der Waals surface area contributed by atoms with Crippen LogP contribution in [-0.2, 0) is 0 Å².